The van der Waals surface area contributed by atoms with Crippen molar-refractivity contribution < 1.29 is 18.7 Å². The first kappa shape index (κ1) is 19.8. The summed E-state index contributed by atoms with van der Waals surface area (Å²) in [6.07, 6.45) is -0.383. The molecule has 146 valence electrons. The van der Waals surface area contributed by atoms with Crippen LogP contribution in [0.25, 0.3) is 16.9 Å². The third-order valence-electron chi connectivity index (χ3n) is 3.87. The number of alkyl halides is 2. The summed E-state index contributed by atoms with van der Waals surface area (Å²) < 4.78 is 27.4. The molecular formula is C18H16ClF2N5O2. The highest BCUT2D eigenvalue weighted by atomic mass is 35.5. The minimum absolute atomic E-state index is 0.195. The molecule has 28 heavy (non-hydrogen) atoms. The number of hydrogen-bond acceptors (Lipinski definition) is 5. The van der Waals surface area contributed by atoms with Gasteiger partial charge in [-0.15, -0.1) is 0 Å². The Hall–Kier alpha value is -2.91. The van der Waals surface area contributed by atoms with Gasteiger partial charge in [-0.25, -0.2) is 18.4 Å². The van der Waals surface area contributed by atoms with Crippen molar-refractivity contribution in [3.63, 3.8) is 0 Å². The van der Waals surface area contributed by atoms with E-state index in [1.54, 1.807) is 31.2 Å². The van der Waals surface area contributed by atoms with Crippen LogP contribution in [0.15, 0.2) is 42.9 Å². The number of amides is 1. The zero-order valence-corrected chi connectivity index (χ0v) is 15.4. The Morgan fingerprint density at radius 3 is 2.71 bits per heavy atom. The van der Waals surface area contributed by atoms with Crippen molar-refractivity contribution in [3.8, 4) is 16.9 Å². The van der Waals surface area contributed by atoms with E-state index >= 15 is 0 Å². The molecule has 1 aromatic carbocycles. The normalized spacial score (nSPS) is 12.2. The zero-order chi connectivity index (χ0) is 20.3. The van der Waals surface area contributed by atoms with Crippen LogP contribution in [0.5, 0.6) is 0 Å². The minimum Gasteiger partial charge on any atom is -0.394 e. The van der Waals surface area contributed by atoms with Crippen LogP contribution in [0.4, 0.5) is 8.78 Å². The van der Waals surface area contributed by atoms with E-state index < -0.39 is 24.2 Å². The summed E-state index contributed by atoms with van der Waals surface area (Å²) in [4.78, 5) is 20.3. The van der Waals surface area contributed by atoms with Gasteiger partial charge in [0.1, 0.15) is 6.33 Å². The van der Waals surface area contributed by atoms with Crippen LogP contribution < -0.4 is 5.32 Å². The highest BCUT2D eigenvalue weighted by Crippen LogP contribution is 2.26. The maximum absolute atomic E-state index is 13.2. The van der Waals surface area contributed by atoms with E-state index in [1.165, 1.54) is 12.3 Å². The molecule has 10 heteroatoms. The molecule has 1 atom stereocenters. The van der Waals surface area contributed by atoms with Crippen molar-refractivity contribution in [2.24, 2.45) is 0 Å². The number of aliphatic hydroxyl groups is 1. The summed E-state index contributed by atoms with van der Waals surface area (Å²) >= 11 is 5.87. The second kappa shape index (κ2) is 8.41. The van der Waals surface area contributed by atoms with Crippen molar-refractivity contribution in [2.45, 2.75) is 19.4 Å². The smallest absolute Gasteiger partial charge is 0.297 e. The Morgan fingerprint density at radius 2 is 2.07 bits per heavy atom. The van der Waals surface area contributed by atoms with Gasteiger partial charge in [-0.2, -0.15) is 5.10 Å². The maximum atomic E-state index is 13.2. The molecule has 0 aliphatic rings. The fourth-order valence-corrected chi connectivity index (χ4v) is 2.62. The molecule has 2 N–H and O–H groups in total. The van der Waals surface area contributed by atoms with E-state index in [9.17, 15) is 13.6 Å². The molecule has 1 amide bonds. The van der Waals surface area contributed by atoms with Crippen molar-refractivity contribution in [1.29, 1.82) is 0 Å². The van der Waals surface area contributed by atoms with Crippen LogP contribution in [-0.2, 0) is 0 Å². The number of hydrogen-bond donors (Lipinski definition) is 2. The summed E-state index contributed by atoms with van der Waals surface area (Å²) in [6.45, 7) is 1.39. The zero-order valence-electron chi connectivity index (χ0n) is 14.7. The van der Waals surface area contributed by atoms with Gasteiger partial charge in [0.15, 0.2) is 5.82 Å². The summed E-state index contributed by atoms with van der Waals surface area (Å²) in [6, 6.07) is 7.36. The molecule has 3 aromatic rings. The van der Waals surface area contributed by atoms with Crippen LogP contribution in [-0.4, -0.2) is 43.4 Å². The number of benzene rings is 1. The Kier molecular flexibility index (Phi) is 5.96. The summed E-state index contributed by atoms with van der Waals surface area (Å²) in [5.41, 5.74) is 1.42. The van der Waals surface area contributed by atoms with Crippen LogP contribution in [0.1, 0.15) is 29.5 Å². The van der Waals surface area contributed by atoms with Crippen LogP contribution in [0.2, 0.25) is 5.02 Å². The van der Waals surface area contributed by atoms with Gasteiger partial charge in [-0.3, -0.25) is 9.78 Å². The van der Waals surface area contributed by atoms with E-state index in [0.29, 0.717) is 16.3 Å². The lowest BCUT2D eigenvalue weighted by Crippen LogP contribution is -2.35. The van der Waals surface area contributed by atoms with E-state index in [0.717, 1.165) is 11.0 Å². The first-order chi connectivity index (χ1) is 13.4. The first-order valence-electron chi connectivity index (χ1n) is 8.26. The van der Waals surface area contributed by atoms with Gasteiger partial charge in [-0.05, 0) is 37.3 Å². The average molecular weight is 408 g/mol. The van der Waals surface area contributed by atoms with E-state index in [-0.39, 0.29) is 17.9 Å². The molecule has 0 saturated heterocycles. The predicted octanol–water partition coefficient (Wildman–Crippen LogP) is 3.03. The van der Waals surface area contributed by atoms with Gasteiger partial charge in [0.2, 0.25) is 0 Å². The second-order valence-electron chi connectivity index (χ2n) is 6.02. The number of nitrogens with zero attached hydrogens (tertiary/aromatic N) is 4. The van der Waals surface area contributed by atoms with E-state index in [1.807, 2.05) is 0 Å². The maximum Gasteiger partial charge on any atom is 0.297 e. The van der Waals surface area contributed by atoms with Crippen molar-refractivity contribution in [3.05, 3.63) is 59.3 Å². The number of halogens is 3. The summed E-state index contributed by atoms with van der Waals surface area (Å²) in [7, 11) is 0. The van der Waals surface area contributed by atoms with Gasteiger partial charge in [0, 0.05) is 23.4 Å². The average Bonchev–Trinajstić information content (AvgIpc) is 3.18. The number of carbonyl (C=O) groups is 1. The third kappa shape index (κ3) is 4.32. The Morgan fingerprint density at radius 1 is 1.29 bits per heavy atom. The molecule has 3 rings (SSSR count). The molecule has 0 bridgehead atoms. The number of nitrogens with one attached hydrogen (secondary N) is 1. The number of aromatic nitrogens is 4. The molecule has 7 nitrogen and oxygen atoms in total. The van der Waals surface area contributed by atoms with E-state index in [2.05, 4.69) is 20.4 Å². The Labute approximate surface area is 164 Å². The van der Waals surface area contributed by atoms with Gasteiger partial charge in [0.25, 0.3) is 12.3 Å². The third-order valence-corrected chi connectivity index (χ3v) is 4.09. The van der Waals surface area contributed by atoms with Crippen molar-refractivity contribution >= 4 is 17.5 Å². The number of pyridine rings is 1. The monoisotopic (exact) mass is 407 g/mol. The fraction of sp³-hybridized carbons (Fsp3) is 0.222. The number of aliphatic hydroxyl groups excluding tert-OH is 1. The van der Waals surface area contributed by atoms with Gasteiger partial charge >= 0.3 is 0 Å². The largest absolute Gasteiger partial charge is 0.394 e. The van der Waals surface area contributed by atoms with Crippen molar-refractivity contribution in [2.75, 3.05) is 6.61 Å². The molecule has 0 aliphatic carbocycles. The molecule has 0 aliphatic heterocycles. The summed E-state index contributed by atoms with van der Waals surface area (Å²) in [5, 5.41) is 16.1. The highest BCUT2D eigenvalue weighted by molar-refractivity contribution is 6.30. The molecule has 0 radical (unpaired) electrons. The van der Waals surface area contributed by atoms with Gasteiger partial charge in [-0.1, -0.05) is 11.6 Å². The number of rotatable bonds is 6. The fourth-order valence-electron chi connectivity index (χ4n) is 2.51. The molecule has 2 heterocycles. The quantitative estimate of drug-likeness (QED) is 0.655. The standard InChI is InChI=1S/C18H16ClF2N5O2/c1-10(8-27)25-18(28)12-4-11(15-3-2-13(19)7-22-15)5-14(6-12)26-17(16(20)21)23-9-24-26/h2-7,9-10,16,27H,8H2,1H3,(H,25,28). The molecule has 1 unspecified atom stereocenters. The molecular weight excluding hydrogens is 392 g/mol. The van der Waals surface area contributed by atoms with Gasteiger partial charge in [0.05, 0.1) is 23.0 Å². The first-order valence-corrected chi connectivity index (χ1v) is 8.64. The molecule has 0 spiro atoms. The lowest BCUT2D eigenvalue weighted by molar-refractivity contribution is 0.0922. The van der Waals surface area contributed by atoms with Crippen LogP contribution >= 0.6 is 11.6 Å². The number of carbonyl (C=O) groups excluding carboxylic acids is 1. The van der Waals surface area contributed by atoms with Crippen LogP contribution in [0.3, 0.4) is 0 Å². The van der Waals surface area contributed by atoms with Crippen LogP contribution in [0, 0.1) is 0 Å². The van der Waals surface area contributed by atoms with E-state index in [4.69, 9.17) is 16.7 Å². The highest BCUT2D eigenvalue weighted by Gasteiger charge is 2.19. The topological polar surface area (TPSA) is 92.9 Å². The molecule has 2 aromatic heterocycles. The second-order valence-corrected chi connectivity index (χ2v) is 6.45. The molecule has 0 saturated carbocycles. The summed E-state index contributed by atoms with van der Waals surface area (Å²) in [5.74, 6) is -1.02. The molecule has 0 fully saturated rings. The van der Waals surface area contributed by atoms with Gasteiger partial charge < -0.3 is 10.4 Å². The Bertz CT molecular complexity index is 978. The Balaban J connectivity index is 2.12. The predicted molar refractivity (Wildman–Crippen MR) is 98.6 cm³/mol. The SMILES string of the molecule is CC(CO)NC(=O)c1cc(-c2ccc(Cl)cn2)cc(-n2ncnc2C(F)F)c1. The van der Waals surface area contributed by atoms with Crippen molar-refractivity contribution in [1.82, 2.24) is 25.1 Å². The lowest BCUT2D eigenvalue weighted by atomic mass is 10.0. The lowest BCUT2D eigenvalue weighted by Gasteiger charge is -2.14. The minimum atomic E-state index is -2.84.